The average Bonchev–Trinajstić information content (AvgIpc) is 2.49. The molecule has 2 rings (SSSR count). The van der Waals surface area contributed by atoms with E-state index in [0.717, 1.165) is 12.1 Å². The first-order valence-electron chi connectivity index (χ1n) is 7.66. The Morgan fingerprint density at radius 2 is 1.81 bits per heavy atom. The van der Waals surface area contributed by atoms with E-state index in [-0.39, 0.29) is 0 Å². The molecule has 0 spiro atoms. The minimum Gasteiger partial charge on any atom is -0.380 e. The van der Waals surface area contributed by atoms with Crippen LogP contribution in [-0.4, -0.2) is 7.11 Å². The Balaban J connectivity index is 2.03. The standard InChI is InChI=1S/C19H25NO/c1-4-6-16-9-11-18(12-10-16)15(2)20-19-8-5-7-17(13-19)14-21-3/h5,7-13,15,20H,4,6,14H2,1-3H3. The Morgan fingerprint density at radius 1 is 1.05 bits per heavy atom. The number of anilines is 1. The van der Waals surface area contributed by atoms with Crippen molar-refractivity contribution in [3.05, 3.63) is 65.2 Å². The highest BCUT2D eigenvalue weighted by Crippen LogP contribution is 2.21. The molecule has 0 fully saturated rings. The van der Waals surface area contributed by atoms with Gasteiger partial charge in [-0.2, -0.15) is 0 Å². The second-order valence-electron chi connectivity index (χ2n) is 5.49. The lowest BCUT2D eigenvalue weighted by molar-refractivity contribution is 0.185. The molecule has 0 heterocycles. The summed E-state index contributed by atoms with van der Waals surface area (Å²) in [5.41, 5.74) is 5.05. The Bertz CT molecular complexity index is 548. The van der Waals surface area contributed by atoms with Gasteiger partial charge >= 0.3 is 0 Å². The monoisotopic (exact) mass is 283 g/mol. The normalized spacial score (nSPS) is 12.1. The van der Waals surface area contributed by atoms with Gasteiger partial charge in [0.05, 0.1) is 6.61 Å². The summed E-state index contributed by atoms with van der Waals surface area (Å²) < 4.78 is 5.18. The SMILES string of the molecule is CCCc1ccc(C(C)Nc2cccc(COC)c2)cc1. The minimum atomic E-state index is 0.290. The van der Waals surface area contributed by atoms with Gasteiger partial charge in [-0.3, -0.25) is 0 Å². The molecule has 2 heteroatoms. The Hall–Kier alpha value is -1.80. The van der Waals surface area contributed by atoms with Crippen LogP contribution in [0.4, 0.5) is 5.69 Å². The van der Waals surface area contributed by atoms with Crippen LogP contribution in [0.2, 0.25) is 0 Å². The fraction of sp³-hybridized carbons (Fsp3) is 0.368. The number of methoxy groups -OCH3 is 1. The molecule has 0 saturated heterocycles. The molecule has 21 heavy (non-hydrogen) atoms. The molecule has 112 valence electrons. The first-order chi connectivity index (χ1) is 10.2. The van der Waals surface area contributed by atoms with Gasteiger partial charge in [-0.1, -0.05) is 49.7 Å². The topological polar surface area (TPSA) is 21.3 Å². The summed E-state index contributed by atoms with van der Waals surface area (Å²) in [5, 5.41) is 3.55. The van der Waals surface area contributed by atoms with Crippen molar-refractivity contribution in [2.45, 2.75) is 39.3 Å². The van der Waals surface area contributed by atoms with E-state index in [4.69, 9.17) is 4.74 Å². The highest BCUT2D eigenvalue weighted by atomic mass is 16.5. The number of aryl methyl sites for hydroxylation is 1. The van der Waals surface area contributed by atoms with Gasteiger partial charge in [0.1, 0.15) is 0 Å². The third-order valence-corrected chi connectivity index (χ3v) is 3.64. The molecule has 0 saturated carbocycles. The van der Waals surface area contributed by atoms with E-state index in [9.17, 15) is 0 Å². The molecule has 1 N–H and O–H groups in total. The highest BCUT2D eigenvalue weighted by Gasteiger charge is 2.05. The molecule has 0 aliphatic rings. The molecule has 0 aromatic heterocycles. The van der Waals surface area contributed by atoms with Crippen molar-refractivity contribution in [2.24, 2.45) is 0 Å². The van der Waals surface area contributed by atoms with Crippen LogP contribution in [0.15, 0.2) is 48.5 Å². The molecule has 0 aliphatic heterocycles. The van der Waals surface area contributed by atoms with E-state index in [1.807, 2.05) is 0 Å². The van der Waals surface area contributed by atoms with Gasteiger partial charge in [0.25, 0.3) is 0 Å². The molecule has 0 radical (unpaired) electrons. The van der Waals surface area contributed by atoms with Crippen molar-refractivity contribution in [1.29, 1.82) is 0 Å². The van der Waals surface area contributed by atoms with Gasteiger partial charge in [0, 0.05) is 18.8 Å². The van der Waals surface area contributed by atoms with Crippen molar-refractivity contribution < 1.29 is 4.74 Å². The van der Waals surface area contributed by atoms with Crippen LogP contribution in [0.1, 0.15) is 43.0 Å². The first-order valence-corrected chi connectivity index (χ1v) is 7.66. The second kappa shape index (κ2) is 7.84. The summed E-state index contributed by atoms with van der Waals surface area (Å²) in [4.78, 5) is 0. The van der Waals surface area contributed by atoms with Crippen LogP contribution in [0.3, 0.4) is 0 Å². The predicted molar refractivity (Wildman–Crippen MR) is 89.6 cm³/mol. The third kappa shape index (κ3) is 4.61. The molecule has 2 aromatic carbocycles. The van der Waals surface area contributed by atoms with Crippen molar-refractivity contribution in [3.8, 4) is 0 Å². The van der Waals surface area contributed by atoms with Crippen molar-refractivity contribution >= 4 is 5.69 Å². The van der Waals surface area contributed by atoms with Gasteiger partial charge in [-0.05, 0) is 42.2 Å². The number of rotatable bonds is 7. The Kier molecular flexibility index (Phi) is 5.82. The molecule has 2 nitrogen and oxygen atoms in total. The van der Waals surface area contributed by atoms with Crippen LogP contribution in [0.25, 0.3) is 0 Å². The number of hydrogen-bond donors (Lipinski definition) is 1. The quantitative estimate of drug-likeness (QED) is 0.775. The van der Waals surface area contributed by atoms with Gasteiger partial charge in [-0.25, -0.2) is 0 Å². The van der Waals surface area contributed by atoms with Crippen LogP contribution < -0.4 is 5.32 Å². The summed E-state index contributed by atoms with van der Waals surface area (Å²) in [6, 6.07) is 17.6. The maximum absolute atomic E-state index is 5.18. The van der Waals surface area contributed by atoms with Crippen LogP contribution >= 0.6 is 0 Å². The van der Waals surface area contributed by atoms with Gasteiger partial charge in [-0.15, -0.1) is 0 Å². The van der Waals surface area contributed by atoms with E-state index in [1.165, 1.54) is 23.1 Å². The molecule has 2 aromatic rings. The number of nitrogens with one attached hydrogen (secondary N) is 1. The lowest BCUT2D eigenvalue weighted by atomic mass is 10.0. The maximum atomic E-state index is 5.18. The zero-order valence-electron chi connectivity index (χ0n) is 13.2. The van der Waals surface area contributed by atoms with E-state index < -0.39 is 0 Å². The first kappa shape index (κ1) is 15.6. The predicted octanol–water partition coefficient (Wildman–Crippen LogP) is 4.96. The second-order valence-corrected chi connectivity index (χ2v) is 5.49. The van der Waals surface area contributed by atoms with Crippen LogP contribution in [0, 0.1) is 0 Å². The fourth-order valence-electron chi connectivity index (χ4n) is 2.51. The lowest BCUT2D eigenvalue weighted by Crippen LogP contribution is -2.07. The fourth-order valence-corrected chi connectivity index (χ4v) is 2.51. The Morgan fingerprint density at radius 3 is 2.48 bits per heavy atom. The largest absolute Gasteiger partial charge is 0.380 e. The summed E-state index contributed by atoms with van der Waals surface area (Å²) in [6.07, 6.45) is 2.35. The van der Waals surface area contributed by atoms with Crippen molar-refractivity contribution in [3.63, 3.8) is 0 Å². The van der Waals surface area contributed by atoms with Crippen molar-refractivity contribution in [2.75, 3.05) is 12.4 Å². The summed E-state index contributed by atoms with van der Waals surface area (Å²) in [5.74, 6) is 0. The van der Waals surface area contributed by atoms with Crippen molar-refractivity contribution in [1.82, 2.24) is 0 Å². The van der Waals surface area contributed by atoms with Gasteiger partial charge in [0.15, 0.2) is 0 Å². The van der Waals surface area contributed by atoms with Crippen LogP contribution in [-0.2, 0) is 17.8 Å². The molecular weight excluding hydrogens is 258 g/mol. The molecule has 0 amide bonds. The van der Waals surface area contributed by atoms with E-state index >= 15 is 0 Å². The number of hydrogen-bond acceptors (Lipinski definition) is 2. The maximum Gasteiger partial charge on any atom is 0.0713 e. The summed E-state index contributed by atoms with van der Waals surface area (Å²) in [7, 11) is 1.72. The molecular formula is C19H25NO. The van der Waals surface area contributed by atoms with E-state index in [0.29, 0.717) is 12.6 Å². The highest BCUT2D eigenvalue weighted by molar-refractivity contribution is 5.47. The minimum absolute atomic E-state index is 0.290. The van der Waals surface area contributed by atoms with E-state index in [2.05, 4.69) is 67.7 Å². The summed E-state index contributed by atoms with van der Waals surface area (Å²) >= 11 is 0. The number of benzene rings is 2. The van der Waals surface area contributed by atoms with Crippen LogP contribution in [0.5, 0.6) is 0 Å². The molecule has 1 unspecified atom stereocenters. The zero-order chi connectivity index (χ0) is 15.1. The summed E-state index contributed by atoms with van der Waals surface area (Å²) in [6.45, 7) is 5.05. The molecule has 1 atom stereocenters. The third-order valence-electron chi connectivity index (χ3n) is 3.64. The van der Waals surface area contributed by atoms with Gasteiger partial charge < -0.3 is 10.1 Å². The zero-order valence-corrected chi connectivity index (χ0v) is 13.2. The Labute approximate surface area is 128 Å². The molecule has 0 aliphatic carbocycles. The smallest absolute Gasteiger partial charge is 0.0713 e. The average molecular weight is 283 g/mol. The number of ether oxygens (including phenoxy) is 1. The lowest BCUT2D eigenvalue weighted by Gasteiger charge is -2.17. The van der Waals surface area contributed by atoms with Gasteiger partial charge in [0.2, 0.25) is 0 Å². The molecule has 0 bridgehead atoms. The van der Waals surface area contributed by atoms with E-state index in [1.54, 1.807) is 7.11 Å².